The van der Waals surface area contributed by atoms with E-state index < -0.39 is 45.0 Å². The molecule has 1 atom stereocenters. The summed E-state index contributed by atoms with van der Waals surface area (Å²) in [7, 11) is -2.01. The van der Waals surface area contributed by atoms with Crippen LogP contribution in [0.4, 0.5) is 32.0 Å². The normalized spacial score (nSPS) is 15.5. The molecular weight excluding hydrogens is 670 g/mol. The van der Waals surface area contributed by atoms with Gasteiger partial charge < -0.3 is 9.80 Å². The van der Waals surface area contributed by atoms with Gasteiger partial charge in [-0.15, -0.1) is 0 Å². The Morgan fingerprint density at radius 3 is 2.04 bits per heavy atom. The molecule has 4 rings (SSSR count). The van der Waals surface area contributed by atoms with Gasteiger partial charge in [-0.3, -0.25) is 9.69 Å². The molecular formula is C32H35ClF6N4O3S. The molecule has 7 nitrogen and oxygen atoms in total. The third-order valence-corrected chi connectivity index (χ3v) is 8.96. The van der Waals surface area contributed by atoms with Crippen LogP contribution < -0.4 is 9.62 Å². The molecule has 1 N–H and O–H groups in total. The van der Waals surface area contributed by atoms with Crippen LogP contribution >= 0.6 is 11.6 Å². The Hall–Kier alpha value is -3.33. The minimum Gasteiger partial charge on any atom is -0.369 e. The second-order valence-electron chi connectivity index (χ2n) is 11.6. The van der Waals surface area contributed by atoms with E-state index in [0.29, 0.717) is 56.3 Å². The average Bonchev–Trinajstić information content (AvgIpc) is 3.01. The smallest absolute Gasteiger partial charge is 0.369 e. The van der Waals surface area contributed by atoms with Crippen molar-refractivity contribution < 1.29 is 39.6 Å². The van der Waals surface area contributed by atoms with Crippen LogP contribution in [-0.4, -0.2) is 76.7 Å². The zero-order valence-electron chi connectivity index (χ0n) is 25.7. The van der Waals surface area contributed by atoms with Gasteiger partial charge in [0.2, 0.25) is 10.0 Å². The van der Waals surface area contributed by atoms with Crippen LogP contribution in [0.5, 0.6) is 0 Å². The minimum absolute atomic E-state index is 0.00182. The van der Waals surface area contributed by atoms with E-state index in [0.717, 1.165) is 28.0 Å². The number of hydrogen-bond acceptors (Lipinski definition) is 5. The molecule has 1 aliphatic heterocycles. The number of rotatable bonds is 11. The van der Waals surface area contributed by atoms with Crippen molar-refractivity contribution in [1.82, 2.24) is 14.5 Å². The summed E-state index contributed by atoms with van der Waals surface area (Å²) in [5, 5.41) is 0.490. The second-order valence-corrected chi connectivity index (χ2v) is 13.8. The highest BCUT2D eigenvalue weighted by molar-refractivity contribution is 7.88. The fourth-order valence-electron chi connectivity index (χ4n) is 5.54. The Balaban J connectivity index is 1.45. The Bertz CT molecular complexity index is 1610. The van der Waals surface area contributed by atoms with Gasteiger partial charge in [-0.05, 0) is 60.5 Å². The predicted octanol–water partition coefficient (Wildman–Crippen LogP) is 6.49. The van der Waals surface area contributed by atoms with E-state index in [1.807, 2.05) is 24.3 Å². The molecule has 0 bridgehead atoms. The van der Waals surface area contributed by atoms with Crippen molar-refractivity contribution in [3.05, 3.63) is 99.6 Å². The average molecular weight is 705 g/mol. The number of benzene rings is 3. The molecule has 1 fully saturated rings. The summed E-state index contributed by atoms with van der Waals surface area (Å²) in [5.74, 6) is -1.26. The number of carbonyl (C=O) groups is 1. The summed E-state index contributed by atoms with van der Waals surface area (Å²) in [6.07, 6.45) is -8.49. The molecule has 0 unspecified atom stereocenters. The zero-order chi connectivity index (χ0) is 34.6. The molecule has 3 aromatic rings. The van der Waals surface area contributed by atoms with E-state index in [4.69, 9.17) is 11.6 Å². The topological polar surface area (TPSA) is 73.0 Å². The Labute approximate surface area is 275 Å². The van der Waals surface area contributed by atoms with Gasteiger partial charge in [-0.2, -0.15) is 26.3 Å². The van der Waals surface area contributed by atoms with Crippen molar-refractivity contribution in [3.63, 3.8) is 0 Å². The molecule has 1 heterocycles. The Morgan fingerprint density at radius 1 is 0.915 bits per heavy atom. The van der Waals surface area contributed by atoms with Gasteiger partial charge >= 0.3 is 12.4 Å². The molecule has 1 amide bonds. The summed E-state index contributed by atoms with van der Waals surface area (Å²) >= 11 is 6.08. The molecule has 15 heteroatoms. The predicted molar refractivity (Wildman–Crippen MR) is 169 cm³/mol. The first kappa shape index (κ1) is 36.5. The first-order valence-electron chi connectivity index (χ1n) is 14.7. The quantitative estimate of drug-likeness (QED) is 0.231. The van der Waals surface area contributed by atoms with Crippen molar-refractivity contribution in [1.29, 1.82) is 0 Å². The van der Waals surface area contributed by atoms with Crippen LogP contribution in [0.1, 0.15) is 45.0 Å². The van der Waals surface area contributed by atoms with Gasteiger partial charge in [0.15, 0.2) is 0 Å². The van der Waals surface area contributed by atoms with Crippen LogP contribution in [0.15, 0.2) is 66.7 Å². The fourth-order valence-corrected chi connectivity index (χ4v) is 6.08. The number of hydrogen-bond donors (Lipinski definition) is 1. The Kier molecular flexibility index (Phi) is 11.5. The van der Waals surface area contributed by atoms with E-state index >= 15 is 0 Å². The lowest BCUT2D eigenvalue weighted by Gasteiger charge is -2.37. The van der Waals surface area contributed by atoms with Crippen molar-refractivity contribution in [3.8, 4) is 0 Å². The second kappa shape index (κ2) is 14.8. The van der Waals surface area contributed by atoms with E-state index in [-0.39, 0.29) is 25.1 Å². The maximum Gasteiger partial charge on any atom is 0.416 e. The highest BCUT2D eigenvalue weighted by Gasteiger charge is 2.38. The van der Waals surface area contributed by atoms with Gasteiger partial charge in [0, 0.05) is 68.5 Å². The van der Waals surface area contributed by atoms with Crippen LogP contribution in [0.3, 0.4) is 0 Å². The monoisotopic (exact) mass is 704 g/mol. The lowest BCUT2D eigenvalue weighted by Crippen LogP contribution is -2.47. The standard InChI is InChI=1S/C32H35ClF6N4O3S/c1-41(30(44)25-17-26(31(34,35)36)19-27(18-25)32(37,38)39)21-24(22-7-9-28(33)10-8-22)11-12-42-13-15-43(16-14-42)29-6-4-3-5-23(29)20-40-47(2,45)46/h3-10,17-19,24,40H,11-16,20-21H2,1-2H3/t24-/m1/s1. The molecule has 0 radical (unpaired) electrons. The summed E-state index contributed by atoms with van der Waals surface area (Å²) in [6, 6.07) is 15.4. The number of para-hydroxylation sites is 1. The number of piperazine rings is 1. The van der Waals surface area contributed by atoms with E-state index in [1.165, 1.54) is 7.05 Å². The van der Waals surface area contributed by atoms with Gasteiger partial charge in [-0.25, -0.2) is 13.1 Å². The van der Waals surface area contributed by atoms with Crippen LogP contribution in [0, 0.1) is 0 Å². The first-order chi connectivity index (χ1) is 21.9. The van der Waals surface area contributed by atoms with Crippen molar-refractivity contribution in [2.75, 3.05) is 57.5 Å². The summed E-state index contributed by atoms with van der Waals surface area (Å²) in [4.78, 5) is 18.8. The number of anilines is 1. The van der Waals surface area contributed by atoms with Crippen LogP contribution in [0.25, 0.3) is 0 Å². The SMILES string of the molecule is CN(C[C@@H](CCN1CCN(c2ccccc2CNS(C)(=O)=O)CC1)c1ccc(Cl)cc1)C(=O)c1cc(C(F)(F)F)cc(C(F)(F)F)c1. The third kappa shape index (κ3) is 10.3. The van der Waals surface area contributed by atoms with Crippen molar-refractivity contribution in [2.45, 2.75) is 31.2 Å². The van der Waals surface area contributed by atoms with Crippen LogP contribution in [0.2, 0.25) is 5.02 Å². The number of nitrogens with zero attached hydrogens (tertiary/aromatic N) is 3. The molecule has 1 aliphatic rings. The van der Waals surface area contributed by atoms with Crippen molar-refractivity contribution in [2.24, 2.45) is 0 Å². The Morgan fingerprint density at radius 2 is 1.49 bits per heavy atom. The zero-order valence-corrected chi connectivity index (χ0v) is 27.3. The van der Waals surface area contributed by atoms with Gasteiger partial charge in [0.05, 0.1) is 17.4 Å². The van der Waals surface area contributed by atoms with Gasteiger partial charge in [0.1, 0.15) is 0 Å². The van der Waals surface area contributed by atoms with E-state index in [1.54, 1.807) is 24.3 Å². The fraction of sp³-hybridized carbons (Fsp3) is 0.406. The molecule has 3 aromatic carbocycles. The highest BCUT2D eigenvalue weighted by atomic mass is 35.5. The molecule has 47 heavy (non-hydrogen) atoms. The van der Waals surface area contributed by atoms with Crippen molar-refractivity contribution >= 4 is 33.2 Å². The minimum atomic E-state index is -5.07. The number of sulfonamides is 1. The number of halogens is 7. The lowest BCUT2D eigenvalue weighted by atomic mass is 9.94. The molecule has 1 saturated heterocycles. The highest BCUT2D eigenvalue weighted by Crippen LogP contribution is 2.37. The molecule has 0 saturated carbocycles. The number of likely N-dealkylation sites (N-methyl/N-ethyl adjacent to an activating group) is 1. The summed E-state index contributed by atoms with van der Waals surface area (Å²) < 4.78 is 106. The summed E-state index contributed by atoms with van der Waals surface area (Å²) in [5.41, 5.74) is -1.19. The number of carbonyl (C=O) groups excluding carboxylic acids is 1. The first-order valence-corrected chi connectivity index (χ1v) is 17.0. The van der Waals surface area contributed by atoms with Crippen LogP contribution in [-0.2, 0) is 28.9 Å². The van der Waals surface area contributed by atoms with E-state index in [9.17, 15) is 39.6 Å². The number of amides is 1. The number of nitrogens with one attached hydrogen (secondary N) is 1. The molecule has 0 aliphatic carbocycles. The molecule has 0 aromatic heterocycles. The molecule has 0 spiro atoms. The van der Waals surface area contributed by atoms with Gasteiger partial charge in [-0.1, -0.05) is 41.9 Å². The maximum absolute atomic E-state index is 13.4. The summed E-state index contributed by atoms with van der Waals surface area (Å²) in [6.45, 7) is 3.57. The van der Waals surface area contributed by atoms with Gasteiger partial charge in [0.25, 0.3) is 5.91 Å². The molecule has 256 valence electrons. The van der Waals surface area contributed by atoms with E-state index in [2.05, 4.69) is 14.5 Å². The lowest BCUT2D eigenvalue weighted by molar-refractivity contribution is -0.143. The largest absolute Gasteiger partial charge is 0.416 e. The maximum atomic E-state index is 13.4. The third-order valence-electron chi connectivity index (χ3n) is 8.04. The number of alkyl halides is 6.